The van der Waals surface area contributed by atoms with E-state index in [1.165, 1.54) is 11.1 Å². The number of benzene rings is 1. The molecule has 0 saturated carbocycles. The lowest BCUT2D eigenvalue weighted by Gasteiger charge is -2.09. The molecule has 3 heterocycles. The second-order valence-corrected chi connectivity index (χ2v) is 6.21. The zero-order chi connectivity index (χ0) is 17.8. The monoisotopic (exact) mass is 345 g/mol. The Morgan fingerprint density at radius 2 is 1.85 bits per heavy atom. The Balaban J connectivity index is 1.49. The quantitative estimate of drug-likeness (QED) is 0.762. The van der Waals surface area contributed by atoms with Crippen LogP contribution in [0, 0.1) is 0 Å². The van der Waals surface area contributed by atoms with Crippen LogP contribution in [0.3, 0.4) is 0 Å². The Morgan fingerprint density at radius 3 is 2.62 bits per heavy atom. The van der Waals surface area contributed by atoms with Crippen molar-refractivity contribution >= 4 is 11.7 Å². The van der Waals surface area contributed by atoms with Crippen molar-refractivity contribution < 1.29 is 4.79 Å². The first-order chi connectivity index (χ1) is 12.8. The van der Waals surface area contributed by atoms with Gasteiger partial charge in [-0.05, 0) is 61.3 Å². The molecule has 1 amide bonds. The molecule has 2 aromatic heterocycles. The van der Waals surface area contributed by atoms with Crippen LogP contribution in [0.4, 0.5) is 5.82 Å². The summed E-state index contributed by atoms with van der Waals surface area (Å²) in [6, 6.07) is 9.57. The minimum Gasteiger partial charge on any atom is -0.316 e. The number of pyridine rings is 1. The van der Waals surface area contributed by atoms with Crippen LogP contribution in [0.2, 0.25) is 0 Å². The minimum absolute atomic E-state index is 0.148. The fourth-order valence-corrected chi connectivity index (χ4v) is 3.07. The molecule has 0 fully saturated rings. The van der Waals surface area contributed by atoms with Crippen molar-refractivity contribution in [2.45, 2.75) is 12.8 Å². The summed E-state index contributed by atoms with van der Waals surface area (Å²) in [7, 11) is 0. The zero-order valence-electron chi connectivity index (χ0n) is 14.3. The number of hydrogen-bond acceptors (Lipinski definition) is 5. The SMILES string of the molecule is O=C(Nc1ccc(-c2cnccn2)cn1)c1ccc2c(c1)CCNCC2. The Morgan fingerprint density at radius 1 is 0.962 bits per heavy atom. The van der Waals surface area contributed by atoms with Crippen molar-refractivity contribution in [1.82, 2.24) is 20.3 Å². The zero-order valence-corrected chi connectivity index (χ0v) is 14.3. The number of nitrogens with zero attached hydrogens (tertiary/aromatic N) is 3. The van der Waals surface area contributed by atoms with Gasteiger partial charge in [-0.3, -0.25) is 14.8 Å². The van der Waals surface area contributed by atoms with Gasteiger partial charge in [-0.15, -0.1) is 0 Å². The third kappa shape index (κ3) is 3.60. The molecule has 0 saturated heterocycles. The molecule has 130 valence electrons. The van der Waals surface area contributed by atoms with Gasteiger partial charge in [0.05, 0.1) is 11.9 Å². The molecule has 0 aliphatic carbocycles. The topological polar surface area (TPSA) is 79.8 Å². The maximum absolute atomic E-state index is 12.6. The van der Waals surface area contributed by atoms with Crippen molar-refractivity contribution in [3.8, 4) is 11.3 Å². The second kappa shape index (κ2) is 7.41. The van der Waals surface area contributed by atoms with Crippen LogP contribution >= 0.6 is 0 Å². The van der Waals surface area contributed by atoms with Gasteiger partial charge in [-0.2, -0.15) is 0 Å². The van der Waals surface area contributed by atoms with Crippen LogP contribution < -0.4 is 10.6 Å². The summed E-state index contributed by atoms with van der Waals surface area (Å²) >= 11 is 0. The highest BCUT2D eigenvalue weighted by Crippen LogP contribution is 2.18. The van der Waals surface area contributed by atoms with Gasteiger partial charge < -0.3 is 10.6 Å². The number of rotatable bonds is 3. The molecule has 0 bridgehead atoms. The maximum Gasteiger partial charge on any atom is 0.256 e. The number of carbonyl (C=O) groups is 1. The average molecular weight is 345 g/mol. The van der Waals surface area contributed by atoms with E-state index in [0.717, 1.165) is 37.2 Å². The van der Waals surface area contributed by atoms with Crippen LogP contribution in [0.15, 0.2) is 55.1 Å². The number of carbonyl (C=O) groups excluding carboxylic acids is 1. The van der Waals surface area contributed by atoms with Crippen LogP contribution in [-0.4, -0.2) is 33.9 Å². The average Bonchev–Trinajstić information content (AvgIpc) is 2.94. The minimum atomic E-state index is -0.148. The number of amides is 1. The summed E-state index contributed by atoms with van der Waals surface area (Å²) in [6.07, 6.45) is 8.58. The van der Waals surface area contributed by atoms with Gasteiger partial charge in [0.2, 0.25) is 0 Å². The van der Waals surface area contributed by atoms with E-state index in [1.54, 1.807) is 30.9 Å². The standard InChI is InChI=1S/C20H19N5O/c26-20(16-2-1-14-5-7-21-8-6-15(14)11-16)25-19-4-3-17(12-24-19)18-13-22-9-10-23-18/h1-4,9-13,21H,5-8H2,(H,24,25,26). The van der Waals surface area contributed by atoms with Crippen molar-refractivity contribution in [2.75, 3.05) is 18.4 Å². The van der Waals surface area contributed by atoms with E-state index in [9.17, 15) is 4.79 Å². The first-order valence-corrected chi connectivity index (χ1v) is 8.66. The molecule has 4 rings (SSSR count). The van der Waals surface area contributed by atoms with E-state index in [2.05, 4.69) is 31.7 Å². The van der Waals surface area contributed by atoms with Crippen molar-refractivity contribution in [2.24, 2.45) is 0 Å². The van der Waals surface area contributed by atoms with Crippen LogP contribution in [0.25, 0.3) is 11.3 Å². The van der Waals surface area contributed by atoms with Crippen LogP contribution in [0.5, 0.6) is 0 Å². The van der Waals surface area contributed by atoms with Gasteiger partial charge in [0.15, 0.2) is 0 Å². The maximum atomic E-state index is 12.6. The molecule has 6 nitrogen and oxygen atoms in total. The molecule has 1 aromatic carbocycles. The summed E-state index contributed by atoms with van der Waals surface area (Å²) in [5.41, 5.74) is 4.82. The van der Waals surface area contributed by atoms with Gasteiger partial charge in [-0.25, -0.2) is 4.98 Å². The van der Waals surface area contributed by atoms with Gasteiger partial charge in [-0.1, -0.05) is 6.07 Å². The lowest BCUT2D eigenvalue weighted by molar-refractivity contribution is 0.102. The van der Waals surface area contributed by atoms with Gasteiger partial charge in [0.25, 0.3) is 5.91 Å². The third-order valence-electron chi connectivity index (χ3n) is 4.47. The summed E-state index contributed by atoms with van der Waals surface area (Å²) in [4.78, 5) is 25.2. The number of hydrogen-bond donors (Lipinski definition) is 2. The largest absolute Gasteiger partial charge is 0.316 e. The van der Waals surface area contributed by atoms with Crippen molar-refractivity contribution in [3.63, 3.8) is 0 Å². The molecule has 2 N–H and O–H groups in total. The normalized spacial score (nSPS) is 13.5. The van der Waals surface area contributed by atoms with E-state index in [-0.39, 0.29) is 5.91 Å². The summed E-state index contributed by atoms with van der Waals surface area (Å²) in [5, 5.41) is 6.24. The van der Waals surface area contributed by atoms with E-state index in [4.69, 9.17) is 0 Å². The predicted molar refractivity (Wildman–Crippen MR) is 99.9 cm³/mol. The van der Waals surface area contributed by atoms with Crippen molar-refractivity contribution in [1.29, 1.82) is 0 Å². The number of aromatic nitrogens is 3. The molecular formula is C20H19N5O. The Labute approximate surface area is 151 Å². The third-order valence-corrected chi connectivity index (χ3v) is 4.47. The fraction of sp³-hybridized carbons (Fsp3) is 0.200. The number of anilines is 1. The highest BCUT2D eigenvalue weighted by molar-refractivity contribution is 6.04. The molecule has 26 heavy (non-hydrogen) atoms. The van der Waals surface area contributed by atoms with Gasteiger partial charge in [0.1, 0.15) is 5.82 Å². The molecule has 6 heteroatoms. The highest BCUT2D eigenvalue weighted by Gasteiger charge is 2.12. The first-order valence-electron chi connectivity index (χ1n) is 8.66. The van der Waals surface area contributed by atoms with Crippen molar-refractivity contribution in [3.05, 3.63) is 71.8 Å². The molecule has 0 spiro atoms. The fourth-order valence-electron chi connectivity index (χ4n) is 3.07. The van der Waals surface area contributed by atoms with E-state index < -0.39 is 0 Å². The summed E-state index contributed by atoms with van der Waals surface area (Å²) in [5.74, 6) is 0.365. The van der Waals surface area contributed by atoms with Crippen LogP contribution in [-0.2, 0) is 12.8 Å². The molecular weight excluding hydrogens is 326 g/mol. The molecule has 1 aliphatic heterocycles. The second-order valence-electron chi connectivity index (χ2n) is 6.21. The smallest absolute Gasteiger partial charge is 0.256 e. The Kier molecular flexibility index (Phi) is 4.66. The van der Waals surface area contributed by atoms with Crippen LogP contribution in [0.1, 0.15) is 21.5 Å². The Hall–Kier alpha value is -3.12. The lowest BCUT2D eigenvalue weighted by atomic mass is 10.00. The van der Waals surface area contributed by atoms with Gasteiger partial charge in [0, 0.05) is 29.7 Å². The lowest BCUT2D eigenvalue weighted by Crippen LogP contribution is -2.16. The molecule has 0 radical (unpaired) electrons. The van der Waals surface area contributed by atoms with Gasteiger partial charge >= 0.3 is 0 Å². The van der Waals surface area contributed by atoms with E-state index in [0.29, 0.717) is 11.4 Å². The number of nitrogens with one attached hydrogen (secondary N) is 2. The molecule has 0 atom stereocenters. The van der Waals surface area contributed by atoms with E-state index >= 15 is 0 Å². The van der Waals surface area contributed by atoms with E-state index in [1.807, 2.05) is 18.2 Å². The Bertz CT molecular complexity index is 909. The molecule has 3 aromatic rings. The predicted octanol–water partition coefficient (Wildman–Crippen LogP) is 2.48. The highest BCUT2D eigenvalue weighted by atomic mass is 16.1. The first kappa shape index (κ1) is 16.4. The molecule has 0 unspecified atom stereocenters. The summed E-state index contributed by atoms with van der Waals surface area (Å²) in [6.45, 7) is 1.93. The molecule has 1 aliphatic rings. The summed E-state index contributed by atoms with van der Waals surface area (Å²) < 4.78 is 0. The number of fused-ring (bicyclic) bond motifs is 1.